The molecule has 1 atom stereocenters. The minimum absolute atomic E-state index is 0. The van der Waals surface area contributed by atoms with Gasteiger partial charge >= 0.3 is 12.0 Å². The molecule has 0 bridgehead atoms. The van der Waals surface area contributed by atoms with Crippen LogP contribution in [0.3, 0.4) is 0 Å². The number of esters is 1. The van der Waals surface area contributed by atoms with Crippen molar-refractivity contribution in [3.8, 4) is 0 Å². The Labute approximate surface area is 211 Å². The summed E-state index contributed by atoms with van der Waals surface area (Å²) in [6.45, 7) is 6.01. The average molecular weight is 560 g/mol. The molecule has 6 nitrogen and oxygen atoms in total. The van der Waals surface area contributed by atoms with Crippen molar-refractivity contribution < 1.29 is 42.8 Å². The Kier molecular flexibility index (Phi) is 12.6. The van der Waals surface area contributed by atoms with Gasteiger partial charge in [-0.3, -0.25) is 4.79 Å². The number of carbonyl (C=O) groups excluding carboxylic acids is 2. The summed E-state index contributed by atoms with van der Waals surface area (Å²) in [6.07, 6.45) is 9.79. The number of amides is 2. The Morgan fingerprint density at radius 2 is 1.69 bits per heavy atom. The topological polar surface area (TPSA) is 67.4 Å². The third-order valence-corrected chi connectivity index (χ3v) is 6.12. The monoisotopic (exact) mass is 559 g/mol. The van der Waals surface area contributed by atoms with Crippen LogP contribution in [0.1, 0.15) is 70.8 Å². The molecule has 1 fully saturated rings. The number of rotatable bonds is 12. The van der Waals surface area contributed by atoms with Crippen LogP contribution in [0.15, 0.2) is 24.3 Å². The normalized spacial score (nSPS) is 19.1. The van der Waals surface area contributed by atoms with E-state index in [1.807, 2.05) is 12.1 Å². The summed E-state index contributed by atoms with van der Waals surface area (Å²) >= 11 is 0. The minimum Gasteiger partial charge on any atom is -1.00 e. The van der Waals surface area contributed by atoms with E-state index in [0.717, 1.165) is 29.6 Å². The molecule has 0 aliphatic carbocycles. The van der Waals surface area contributed by atoms with Gasteiger partial charge in [-0.05, 0) is 37.5 Å². The molecule has 0 saturated carbocycles. The predicted octanol–water partition coefficient (Wildman–Crippen LogP) is 1.89. The number of hydrogen-bond acceptors (Lipinski definition) is 3. The van der Waals surface area contributed by atoms with Crippen molar-refractivity contribution in [2.24, 2.45) is 0 Å². The maximum absolute atomic E-state index is 12.7. The van der Waals surface area contributed by atoms with E-state index in [9.17, 15) is 9.59 Å². The molecular formula is C25H42IN3O3. The van der Waals surface area contributed by atoms with E-state index in [2.05, 4.69) is 43.8 Å². The molecule has 1 unspecified atom stereocenters. The molecule has 2 amide bonds. The maximum Gasteiger partial charge on any atom is 0.319 e. The van der Waals surface area contributed by atoms with E-state index in [4.69, 9.17) is 4.74 Å². The van der Waals surface area contributed by atoms with E-state index in [0.29, 0.717) is 13.2 Å². The van der Waals surface area contributed by atoms with Crippen LogP contribution in [0.25, 0.3) is 0 Å². The van der Waals surface area contributed by atoms with Gasteiger partial charge in [0.15, 0.2) is 0 Å². The number of benzene rings is 1. The number of ether oxygens (including phenoxy) is 1. The van der Waals surface area contributed by atoms with Gasteiger partial charge in [0, 0.05) is 12.1 Å². The quantitative estimate of drug-likeness (QED) is 0.178. The van der Waals surface area contributed by atoms with Crippen molar-refractivity contribution in [3.63, 3.8) is 0 Å². The zero-order valence-corrected chi connectivity index (χ0v) is 22.5. The molecule has 0 aromatic heterocycles. The summed E-state index contributed by atoms with van der Waals surface area (Å²) in [5.41, 5.74) is 1.50. The van der Waals surface area contributed by atoms with Crippen molar-refractivity contribution >= 4 is 17.7 Å². The molecule has 2 N–H and O–H groups in total. The maximum atomic E-state index is 12.7. The average Bonchev–Trinajstić information content (AvgIpc) is 2.99. The van der Waals surface area contributed by atoms with Crippen molar-refractivity contribution in [2.45, 2.75) is 77.2 Å². The molecular weight excluding hydrogens is 517 g/mol. The molecule has 0 radical (unpaired) electrons. The molecule has 1 aliphatic rings. The second kappa shape index (κ2) is 14.0. The molecule has 1 saturated heterocycles. The number of nitrogens with one attached hydrogen (secondary N) is 2. The summed E-state index contributed by atoms with van der Waals surface area (Å²) in [5.74, 6) is -0.260. The standard InChI is InChI=1S/C25H41N3O3.HI/c1-5-7-8-9-10-11-12-21-13-15-22(16-14-21)26-24(30)27-25(19-23(29)31-6-2)17-18-28(3,4)20-25;/h13-16H,5-12,17-20H2,1-4H3,(H-,26,27,30);1H. The van der Waals surface area contributed by atoms with Crippen LogP contribution < -0.4 is 34.6 Å². The number of hydrogen-bond donors (Lipinski definition) is 2. The lowest BCUT2D eigenvalue weighted by atomic mass is 9.94. The van der Waals surface area contributed by atoms with E-state index < -0.39 is 5.54 Å². The molecule has 1 aromatic carbocycles. The molecule has 7 heteroatoms. The molecule has 1 heterocycles. The third kappa shape index (κ3) is 10.1. The van der Waals surface area contributed by atoms with Gasteiger partial charge in [0.2, 0.25) is 0 Å². The summed E-state index contributed by atoms with van der Waals surface area (Å²) in [6, 6.07) is 7.82. The SMILES string of the molecule is CCCCCCCCc1ccc(NC(=O)NC2(CC(=O)OCC)CC[N+](C)(C)C2)cc1.[I-]. The second-order valence-electron chi connectivity index (χ2n) is 9.62. The Morgan fingerprint density at radius 1 is 1.03 bits per heavy atom. The number of aryl methyl sites for hydroxylation is 1. The molecule has 1 aliphatic heterocycles. The van der Waals surface area contributed by atoms with Gasteiger partial charge in [-0.1, -0.05) is 51.2 Å². The van der Waals surface area contributed by atoms with Gasteiger partial charge in [-0.25, -0.2) is 4.79 Å². The number of unbranched alkanes of at least 4 members (excludes halogenated alkanes) is 5. The molecule has 1 aromatic rings. The van der Waals surface area contributed by atoms with Crippen molar-refractivity contribution in [1.82, 2.24) is 5.32 Å². The van der Waals surface area contributed by atoms with E-state index in [-0.39, 0.29) is 42.4 Å². The smallest absolute Gasteiger partial charge is 0.319 e. The minimum atomic E-state index is -0.572. The Morgan fingerprint density at radius 3 is 2.28 bits per heavy atom. The third-order valence-electron chi connectivity index (χ3n) is 6.12. The van der Waals surface area contributed by atoms with Crippen LogP contribution in [-0.2, 0) is 16.0 Å². The zero-order chi connectivity index (χ0) is 22.7. The number of quaternary nitrogens is 1. The lowest BCUT2D eigenvalue weighted by Gasteiger charge is -2.30. The summed E-state index contributed by atoms with van der Waals surface area (Å²) < 4.78 is 5.92. The lowest BCUT2D eigenvalue weighted by Crippen LogP contribution is -3.00. The summed E-state index contributed by atoms with van der Waals surface area (Å²) in [4.78, 5) is 24.9. The number of anilines is 1. The molecule has 2 rings (SSSR count). The van der Waals surface area contributed by atoms with Gasteiger partial charge in [-0.15, -0.1) is 0 Å². The van der Waals surface area contributed by atoms with Crippen LogP contribution in [0, 0.1) is 0 Å². The lowest BCUT2D eigenvalue weighted by molar-refractivity contribution is -0.879. The number of likely N-dealkylation sites (N-methyl/N-ethyl adjacent to an activating group) is 1. The van der Waals surface area contributed by atoms with Crippen LogP contribution in [0.5, 0.6) is 0 Å². The fourth-order valence-electron chi connectivity index (χ4n) is 4.54. The highest BCUT2D eigenvalue weighted by Gasteiger charge is 2.47. The first-order valence-electron chi connectivity index (χ1n) is 11.9. The van der Waals surface area contributed by atoms with Crippen LogP contribution >= 0.6 is 0 Å². The van der Waals surface area contributed by atoms with E-state index >= 15 is 0 Å². The fourth-order valence-corrected chi connectivity index (χ4v) is 4.54. The second-order valence-corrected chi connectivity index (χ2v) is 9.62. The van der Waals surface area contributed by atoms with Gasteiger partial charge < -0.3 is 43.8 Å². The summed E-state index contributed by atoms with van der Waals surface area (Å²) in [7, 11) is 4.24. The first-order valence-corrected chi connectivity index (χ1v) is 11.9. The Hall–Kier alpha value is -1.35. The number of urea groups is 1. The number of halogens is 1. The van der Waals surface area contributed by atoms with Crippen LogP contribution in [0.2, 0.25) is 0 Å². The van der Waals surface area contributed by atoms with Crippen LogP contribution in [0.4, 0.5) is 10.5 Å². The number of likely N-dealkylation sites (tertiary alicyclic amines) is 1. The highest BCUT2D eigenvalue weighted by atomic mass is 127. The van der Waals surface area contributed by atoms with Crippen molar-refractivity contribution in [1.29, 1.82) is 0 Å². The van der Waals surface area contributed by atoms with Gasteiger partial charge in [-0.2, -0.15) is 0 Å². The Bertz CT molecular complexity index is 709. The highest BCUT2D eigenvalue weighted by Crippen LogP contribution is 2.29. The fraction of sp³-hybridized carbons (Fsp3) is 0.680. The predicted molar refractivity (Wildman–Crippen MR) is 126 cm³/mol. The van der Waals surface area contributed by atoms with Gasteiger partial charge in [0.1, 0.15) is 12.1 Å². The van der Waals surface area contributed by atoms with E-state index in [1.54, 1.807) is 6.92 Å². The van der Waals surface area contributed by atoms with Gasteiger partial charge in [0.05, 0.1) is 33.7 Å². The summed E-state index contributed by atoms with van der Waals surface area (Å²) in [5, 5.41) is 6.03. The van der Waals surface area contributed by atoms with Crippen LogP contribution in [-0.4, -0.2) is 55.8 Å². The van der Waals surface area contributed by atoms with E-state index in [1.165, 1.54) is 44.1 Å². The number of carbonyl (C=O) groups is 2. The Balaban J connectivity index is 0.00000512. The highest BCUT2D eigenvalue weighted by molar-refractivity contribution is 5.90. The molecule has 32 heavy (non-hydrogen) atoms. The van der Waals surface area contributed by atoms with Crippen molar-refractivity contribution in [2.75, 3.05) is 39.1 Å². The van der Waals surface area contributed by atoms with Crippen molar-refractivity contribution in [3.05, 3.63) is 29.8 Å². The zero-order valence-electron chi connectivity index (χ0n) is 20.3. The number of nitrogens with zero attached hydrogens (tertiary/aromatic N) is 1. The largest absolute Gasteiger partial charge is 1.00 e. The first kappa shape index (κ1) is 28.7. The van der Waals surface area contributed by atoms with Gasteiger partial charge in [0.25, 0.3) is 0 Å². The molecule has 0 spiro atoms. The molecule has 182 valence electrons. The first-order chi connectivity index (χ1) is 14.8.